The minimum absolute atomic E-state index is 0.371. The highest BCUT2D eigenvalue weighted by molar-refractivity contribution is 5.32. The Labute approximate surface area is 153 Å². The van der Waals surface area contributed by atoms with Crippen molar-refractivity contribution in [3.8, 4) is 0 Å². The normalized spacial score (nSPS) is 34.7. The quantitative estimate of drug-likeness (QED) is 0.572. The molecule has 0 heterocycles. The van der Waals surface area contributed by atoms with E-state index in [0.717, 1.165) is 11.8 Å². The van der Waals surface area contributed by atoms with Gasteiger partial charge < -0.3 is 0 Å². The summed E-state index contributed by atoms with van der Waals surface area (Å²) in [6.45, 7) is 9.42. The van der Waals surface area contributed by atoms with E-state index in [0.29, 0.717) is 10.8 Å². The van der Waals surface area contributed by atoms with Crippen LogP contribution in [0.3, 0.4) is 0 Å². The summed E-state index contributed by atoms with van der Waals surface area (Å²) in [5.74, 6) is 1.73. The maximum atomic E-state index is 2.52. The molecule has 2 bridgehead atoms. The van der Waals surface area contributed by atoms with Crippen LogP contribution in [0.2, 0.25) is 0 Å². The smallest absolute Gasteiger partial charge is 0.00700 e. The Morgan fingerprint density at radius 2 is 0.920 bits per heavy atom. The average molecular weight is 333 g/mol. The van der Waals surface area contributed by atoms with E-state index in [1.54, 1.807) is 11.1 Å². The molecular weight excluding hydrogens is 300 g/mol. The number of hydrogen-bond acceptors (Lipinski definition) is 0. The highest BCUT2D eigenvalue weighted by atomic mass is 14.5. The molecule has 2 saturated carbocycles. The van der Waals surface area contributed by atoms with Gasteiger partial charge in [0.25, 0.3) is 0 Å². The van der Waals surface area contributed by atoms with E-state index < -0.39 is 0 Å². The van der Waals surface area contributed by atoms with E-state index in [2.05, 4.69) is 76.2 Å². The standard InChI is InChI=1S/C25H32/c1-18-5-9-22(10-6-18)24(3)14-20-13-21(15-24)17-25(4,16-20)23-11-7-19(2)8-12-23/h5-12,20-21H,13-17H2,1-4H3. The second kappa shape index (κ2) is 6.01. The first-order chi connectivity index (χ1) is 11.9. The molecule has 0 aliphatic heterocycles. The average Bonchev–Trinajstić information content (AvgIpc) is 2.54. The number of rotatable bonds is 2. The summed E-state index contributed by atoms with van der Waals surface area (Å²) in [6.07, 6.45) is 6.87. The van der Waals surface area contributed by atoms with Crippen molar-refractivity contribution in [3.05, 3.63) is 70.8 Å². The van der Waals surface area contributed by atoms with Crippen LogP contribution in [0.25, 0.3) is 0 Å². The molecule has 132 valence electrons. The van der Waals surface area contributed by atoms with Crippen LogP contribution in [0.5, 0.6) is 0 Å². The predicted octanol–water partition coefficient (Wildman–Crippen LogP) is 6.73. The topological polar surface area (TPSA) is 0 Å². The zero-order chi connectivity index (χ0) is 17.7. The molecular formula is C25H32. The fourth-order valence-corrected chi connectivity index (χ4v) is 6.05. The van der Waals surface area contributed by atoms with Crippen LogP contribution in [-0.2, 0) is 10.8 Å². The molecule has 0 aromatic heterocycles. The summed E-state index contributed by atoms with van der Waals surface area (Å²) < 4.78 is 0. The van der Waals surface area contributed by atoms with Crippen LogP contribution in [0.15, 0.2) is 48.5 Å². The van der Waals surface area contributed by atoms with Crippen molar-refractivity contribution in [2.75, 3.05) is 0 Å². The largest absolute Gasteiger partial charge is 0.0590 e. The Balaban J connectivity index is 1.58. The van der Waals surface area contributed by atoms with Gasteiger partial charge >= 0.3 is 0 Å². The molecule has 2 aliphatic rings. The van der Waals surface area contributed by atoms with Gasteiger partial charge in [0, 0.05) is 0 Å². The Kier molecular flexibility index (Phi) is 4.06. The molecule has 0 nitrogen and oxygen atoms in total. The lowest BCUT2D eigenvalue weighted by Gasteiger charge is -2.52. The molecule has 0 heteroatoms. The first-order valence-electron chi connectivity index (χ1n) is 10.0. The van der Waals surface area contributed by atoms with Gasteiger partial charge in [0.05, 0.1) is 0 Å². The molecule has 25 heavy (non-hydrogen) atoms. The molecule has 0 spiro atoms. The molecule has 2 fully saturated rings. The van der Waals surface area contributed by atoms with Gasteiger partial charge in [-0.25, -0.2) is 0 Å². The van der Waals surface area contributed by atoms with Gasteiger partial charge in [0.1, 0.15) is 0 Å². The van der Waals surface area contributed by atoms with Gasteiger partial charge in [-0.1, -0.05) is 73.5 Å². The van der Waals surface area contributed by atoms with Gasteiger partial charge in [-0.15, -0.1) is 0 Å². The summed E-state index contributed by atoms with van der Waals surface area (Å²) in [4.78, 5) is 0. The third-order valence-electron chi connectivity index (χ3n) is 7.12. The SMILES string of the molecule is Cc1ccc(C2(C)CC3CC(C2)CC(C)(c2ccc(C)cc2)C3)cc1. The maximum absolute atomic E-state index is 2.52. The molecule has 0 atom stereocenters. The van der Waals surface area contributed by atoms with E-state index in [4.69, 9.17) is 0 Å². The second-order valence-corrected chi connectivity index (χ2v) is 9.64. The van der Waals surface area contributed by atoms with E-state index in [1.165, 1.54) is 43.2 Å². The molecule has 2 aliphatic carbocycles. The molecule has 0 N–H and O–H groups in total. The molecule has 2 aromatic rings. The van der Waals surface area contributed by atoms with Crippen LogP contribution < -0.4 is 0 Å². The van der Waals surface area contributed by atoms with Crippen molar-refractivity contribution in [2.24, 2.45) is 11.8 Å². The van der Waals surface area contributed by atoms with Crippen LogP contribution >= 0.6 is 0 Å². The first-order valence-corrected chi connectivity index (χ1v) is 10.0. The summed E-state index contributed by atoms with van der Waals surface area (Å²) in [5, 5.41) is 0. The Bertz CT molecular complexity index is 657. The Hall–Kier alpha value is -1.56. The highest BCUT2D eigenvalue weighted by Gasteiger charge is 2.46. The van der Waals surface area contributed by atoms with E-state index >= 15 is 0 Å². The van der Waals surface area contributed by atoms with Crippen molar-refractivity contribution in [1.82, 2.24) is 0 Å². The number of benzene rings is 2. The van der Waals surface area contributed by atoms with Crippen LogP contribution in [0.4, 0.5) is 0 Å². The zero-order valence-corrected chi connectivity index (χ0v) is 16.3. The zero-order valence-electron chi connectivity index (χ0n) is 16.3. The van der Waals surface area contributed by atoms with Crippen molar-refractivity contribution < 1.29 is 0 Å². The molecule has 0 amide bonds. The number of hydrogen-bond donors (Lipinski definition) is 0. The minimum Gasteiger partial charge on any atom is -0.0590 e. The van der Waals surface area contributed by atoms with Crippen LogP contribution in [-0.4, -0.2) is 0 Å². The lowest BCUT2D eigenvalue weighted by atomic mass is 9.53. The third kappa shape index (κ3) is 3.16. The van der Waals surface area contributed by atoms with Gasteiger partial charge in [-0.3, -0.25) is 0 Å². The van der Waals surface area contributed by atoms with E-state index in [-0.39, 0.29) is 0 Å². The fraction of sp³-hybridized carbons (Fsp3) is 0.520. The number of fused-ring (bicyclic) bond motifs is 2. The fourth-order valence-electron chi connectivity index (χ4n) is 6.05. The van der Waals surface area contributed by atoms with Gasteiger partial charge in [0.15, 0.2) is 0 Å². The second-order valence-electron chi connectivity index (χ2n) is 9.64. The lowest BCUT2D eigenvalue weighted by molar-refractivity contribution is 0.0716. The minimum atomic E-state index is 0.371. The van der Waals surface area contributed by atoms with Crippen LogP contribution in [0, 0.1) is 25.7 Å². The van der Waals surface area contributed by atoms with Crippen molar-refractivity contribution in [2.45, 2.75) is 70.6 Å². The highest BCUT2D eigenvalue weighted by Crippen LogP contribution is 2.55. The summed E-state index contributed by atoms with van der Waals surface area (Å²) in [7, 11) is 0. The summed E-state index contributed by atoms with van der Waals surface area (Å²) in [6, 6.07) is 18.7. The molecule has 0 unspecified atom stereocenters. The monoisotopic (exact) mass is 332 g/mol. The van der Waals surface area contributed by atoms with Crippen molar-refractivity contribution >= 4 is 0 Å². The number of aryl methyl sites for hydroxylation is 2. The van der Waals surface area contributed by atoms with Crippen molar-refractivity contribution in [1.29, 1.82) is 0 Å². The Morgan fingerprint density at radius 3 is 1.24 bits per heavy atom. The third-order valence-corrected chi connectivity index (χ3v) is 7.12. The molecule has 4 rings (SSSR count). The lowest BCUT2D eigenvalue weighted by Crippen LogP contribution is -2.44. The maximum Gasteiger partial charge on any atom is -0.00700 e. The molecule has 0 radical (unpaired) electrons. The van der Waals surface area contributed by atoms with Crippen molar-refractivity contribution in [3.63, 3.8) is 0 Å². The van der Waals surface area contributed by atoms with Gasteiger partial charge in [0.2, 0.25) is 0 Å². The summed E-state index contributed by atoms with van der Waals surface area (Å²) >= 11 is 0. The molecule has 0 saturated heterocycles. The van der Waals surface area contributed by atoms with E-state index in [1.807, 2.05) is 0 Å². The Morgan fingerprint density at radius 1 is 0.600 bits per heavy atom. The summed E-state index contributed by atoms with van der Waals surface area (Å²) in [5.41, 5.74) is 6.61. The molecule has 2 aromatic carbocycles. The van der Waals surface area contributed by atoms with Crippen LogP contribution in [0.1, 0.15) is 68.2 Å². The predicted molar refractivity (Wildman–Crippen MR) is 107 cm³/mol. The first kappa shape index (κ1) is 16.9. The van der Waals surface area contributed by atoms with Gasteiger partial charge in [-0.05, 0) is 79.7 Å². The van der Waals surface area contributed by atoms with E-state index in [9.17, 15) is 0 Å². The van der Waals surface area contributed by atoms with Gasteiger partial charge in [-0.2, -0.15) is 0 Å².